The Bertz CT molecular complexity index is 937. The molecule has 3 nitrogen and oxygen atoms in total. The van der Waals surface area contributed by atoms with Crippen molar-refractivity contribution >= 4 is 42.6 Å². The van der Waals surface area contributed by atoms with Crippen LogP contribution in [0.15, 0.2) is 36.7 Å². The summed E-state index contributed by atoms with van der Waals surface area (Å²) in [5, 5.41) is 1.27. The fourth-order valence-corrected chi connectivity index (χ4v) is 4.98. The number of fused-ring (bicyclic) bond motifs is 3. The lowest BCUT2D eigenvalue weighted by molar-refractivity contribution is -0.627. The summed E-state index contributed by atoms with van der Waals surface area (Å²) in [5.41, 5.74) is 3.61. The largest absolute Gasteiger partial charge is 0.284 e. The summed E-state index contributed by atoms with van der Waals surface area (Å²) in [6, 6.07) is 8.50. The van der Waals surface area contributed by atoms with Gasteiger partial charge in [0.2, 0.25) is 0 Å². The summed E-state index contributed by atoms with van der Waals surface area (Å²) in [7, 11) is 2.12. The van der Waals surface area contributed by atoms with Crippen LogP contribution in [-0.4, -0.2) is 9.97 Å². The number of thiazole rings is 1. The van der Waals surface area contributed by atoms with Gasteiger partial charge in [-0.15, -0.1) is 0 Å². The van der Waals surface area contributed by atoms with Crippen LogP contribution in [0.5, 0.6) is 0 Å². The van der Waals surface area contributed by atoms with E-state index in [0.29, 0.717) is 0 Å². The van der Waals surface area contributed by atoms with Crippen LogP contribution in [0.3, 0.4) is 0 Å². The third-order valence-corrected chi connectivity index (χ3v) is 6.02. The molecule has 0 aliphatic heterocycles. The molecule has 3 aromatic heterocycles. The Labute approximate surface area is 124 Å². The smallest absolute Gasteiger partial charge is 0.250 e. The van der Waals surface area contributed by atoms with E-state index in [0.717, 1.165) is 10.3 Å². The number of aryl methyl sites for hydroxylation is 2. The highest BCUT2D eigenvalue weighted by molar-refractivity contribution is 7.32. The van der Waals surface area contributed by atoms with E-state index >= 15 is 0 Å². The van der Waals surface area contributed by atoms with Crippen molar-refractivity contribution in [2.45, 2.75) is 6.92 Å². The van der Waals surface area contributed by atoms with Gasteiger partial charge < -0.3 is 0 Å². The van der Waals surface area contributed by atoms with Gasteiger partial charge in [0.25, 0.3) is 9.84 Å². The van der Waals surface area contributed by atoms with E-state index in [4.69, 9.17) is 0 Å². The topological polar surface area (TPSA) is 29.7 Å². The summed E-state index contributed by atoms with van der Waals surface area (Å²) in [6.45, 7) is 2.15. The van der Waals surface area contributed by atoms with E-state index in [1.54, 1.807) is 35.1 Å². The average Bonchev–Trinajstić information content (AvgIpc) is 2.97. The molecular weight excluding hydrogens is 286 g/mol. The van der Waals surface area contributed by atoms with Crippen molar-refractivity contribution < 1.29 is 4.57 Å². The first-order valence-electron chi connectivity index (χ1n) is 6.34. The van der Waals surface area contributed by atoms with Crippen molar-refractivity contribution in [3.63, 3.8) is 0 Å². The van der Waals surface area contributed by atoms with Crippen molar-refractivity contribution in [1.82, 2.24) is 9.97 Å². The average molecular weight is 298 g/mol. The van der Waals surface area contributed by atoms with E-state index < -0.39 is 0 Å². The van der Waals surface area contributed by atoms with Crippen molar-refractivity contribution in [2.75, 3.05) is 0 Å². The van der Waals surface area contributed by atoms with E-state index in [-0.39, 0.29) is 0 Å². The van der Waals surface area contributed by atoms with Gasteiger partial charge in [-0.1, -0.05) is 29.5 Å². The Hall–Kier alpha value is -1.85. The first-order chi connectivity index (χ1) is 9.75. The van der Waals surface area contributed by atoms with Crippen LogP contribution in [-0.2, 0) is 7.05 Å². The second-order valence-corrected chi connectivity index (χ2v) is 6.70. The van der Waals surface area contributed by atoms with Gasteiger partial charge in [-0.3, -0.25) is 4.98 Å². The highest BCUT2D eigenvalue weighted by Crippen LogP contribution is 2.37. The van der Waals surface area contributed by atoms with Crippen LogP contribution < -0.4 is 4.57 Å². The Morgan fingerprint density at radius 1 is 1.05 bits per heavy atom. The molecule has 0 spiro atoms. The van der Waals surface area contributed by atoms with E-state index in [2.05, 4.69) is 52.8 Å². The lowest BCUT2D eigenvalue weighted by Gasteiger charge is -1.98. The van der Waals surface area contributed by atoms with Gasteiger partial charge in [0.05, 0.1) is 5.56 Å². The fourth-order valence-electron chi connectivity index (χ4n) is 2.41. The fraction of sp³-hybridized carbons (Fsp3) is 0.133. The van der Waals surface area contributed by atoms with Gasteiger partial charge in [0.15, 0.2) is 0 Å². The summed E-state index contributed by atoms with van der Waals surface area (Å²) in [4.78, 5) is 11.1. The molecule has 0 bridgehead atoms. The van der Waals surface area contributed by atoms with Crippen LogP contribution in [0.1, 0.15) is 5.56 Å². The number of hydrogen-bond donors (Lipinski definition) is 0. The first-order valence-corrected chi connectivity index (χ1v) is 7.97. The van der Waals surface area contributed by atoms with Crippen LogP contribution in [0.2, 0.25) is 0 Å². The Morgan fingerprint density at radius 3 is 2.70 bits per heavy atom. The lowest BCUT2D eigenvalue weighted by atomic mass is 10.1. The maximum atomic E-state index is 4.48. The van der Waals surface area contributed by atoms with E-state index in [9.17, 15) is 0 Å². The van der Waals surface area contributed by atoms with Crippen molar-refractivity contribution in [2.24, 2.45) is 7.05 Å². The Morgan fingerprint density at radius 2 is 1.85 bits per heavy atom. The molecule has 1 aromatic carbocycles. The van der Waals surface area contributed by atoms with Gasteiger partial charge in [-0.25, -0.2) is 4.98 Å². The molecule has 98 valence electrons. The molecule has 0 fully saturated rings. The van der Waals surface area contributed by atoms with Crippen molar-refractivity contribution in [3.8, 4) is 10.6 Å². The molecule has 0 N–H and O–H groups in total. The van der Waals surface area contributed by atoms with Gasteiger partial charge in [-0.2, -0.15) is 4.57 Å². The van der Waals surface area contributed by atoms with Gasteiger partial charge in [0.1, 0.15) is 22.1 Å². The van der Waals surface area contributed by atoms with E-state index in [1.807, 2.05) is 0 Å². The minimum absolute atomic E-state index is 1.01. The monoisotopic (exact) mass is 298 g/mol. The zero-order valence-corrected chi connectivity index (χ0v) is 12.8. The summed E-state index contributed by atoms with van der Waals surface area (Å²) in [6.07, 6.45) is 3.52. The Balaban J connectivity index is 2.07. The molecule has 4 rings (SSSR count). The maximum Gasteiger partial charge on any atom is 0.284 e. The van der Waals surface area contributed by atoms with Crippen molar-refractivity contribution in [1.29, 1.82) is 0 Å². The molecule has 0 saturated carbocycles. The van der Waals surface area contributed by atoms with Crippen molar-refractivity contribution in [3.05, 3.63) is 42.2 Å². The second-order valence-electron chi connectivity index (χ2n) is 4.73. The first kappa shape index (κ1) is 11.9. The number of benzene rings is 1. The molecule has 0 aliphatic rings. The number of thiophene rings is 1. The summed E-state index contributed by atoms with van der Waals surface area (Å²) in [5.74, 6) is 0. The van der Waals surface area contributed by atoms with Gasteiger partial charge in [0, 0.05) is 12.4 Å². The molecule has 20 heavy (non-hydrogen) atoms. The molecule has 3 heterocycles. The number of nitrogens with zero attached hydrogens (tertiary/aromatic N) is 3. The zero-order valence-electron chi connectivity index (χ0n) is 11.1. The molecule has 0 saturated heterocycles. The zero-order chi connectivity index (χ0) is 13.7. The van der Waals surface area contributed by atoms with Gasteiger partial charge >= 0.3 is 0 Å². The van der Waals surface area contributed by atoms with Crippen LogP contribution >= 0.6 is 22.7 Å². The highest BCUT2D eigenvalue weighted by atomic mass is 32.1. The van der Waals surface area contributed by atoms with Crippen LogP contribution in [0.25, 0.3) is 30.4 Å². The molecule has 4 aromatic rings. The molecule has 0 amide bonds. The predicted octanol–water partition coefficient (Wildman–Crippen LogP) is 3.71. The van der Waals surface area contributed by atoms with Crippen LogP contribution in [0.4, 0.5) is 0 Å². The number of hydrogen-bond acceptors (Lipinski definition) is 4. The van der Waals surface area contributed by atoms with E-state index in [1.165, 1.54) is 25.7 Å². The third-order valence-electron chi connectivity index (χ3n) is 3.45. The quantitative estimate of drug-likeness (QED) is 0.501. The molecule has 0 radical (unpaired) electrons. The minimum atomic E-state index is 1.01. The molecule has 0 aliphatic carbocycles. The SMILES string of the molecule is Cc1ccccc1-c1sc2c3nccnc3sc2[n+]1C. The van der Waals surface area contributed by atoms with Gasteiger partial charge in [-0.05, 0) is 29.9 Å². The molecule has 0 unspecified atom stereocenters. The summed E-state index contributed by atoms with van der Waals surface area (Å²) < 4.78 is 3.50. The number of aromatic nitrogens is 3. The van der Waals surface area contributed by atoms with Crippen LogP contribution in [0, 0.1) is 6.92 Å². The third kappa shape index (κ3) is 1.60. The maximum absolute atomic E-state index is 4.48. The molecule has 0 atom stereocenters. The molecular formula is C15H12N3S2+. The normalized spacial score (nSPS) is 11.5. The highest BCUT2D eigenvalue weighted by Gasteiger charge is 2.24. The standard InChI is InChI=1S/C15H12N3S2/c1-9-5-3-4-6-10(9)14-18(2)15-12(19-14)11-13(20-15)17-8-7-16-11/h3-8H,1-2H3/q+1. The second kappa shape index (κ2) is 4.33. The number of rotatable bonds is 1. The summed E-state index contributed by atoms with van der Waals surface area (Å²) >= 11 is 3.51. The lowest BCUT2D eigenvalue weighted by Crippen LogP contribution is -2.27. The molecule has 5 heteroatoms. The predicted molar refractivity (Wildman–Crippen MR) is 84.1 cm³/mol. The minimum Gasteiger partial charge on any atom is -0.250 e. The Kier molecular flexibility index (Phi) is 2.58.